The summed E-state index contributed by atoms with van der Waals surface area (Å²) < 4.78 is 33.2. The maximum atomic E-state index is 13.6. The number of nitrogens with zero attached hydrogens (tertiary/aromatic N) is 2. The third-order valence-corrected chi connectivity index (χ3v) is 4.79. The Labute approximate surface area is 184 Å². The summed E-state index contributed by atoms with van der Waals surface area (Å²) in [6.45, 7) is 4.95. The van der Waals surface area contributed by atoms with E-state index in [1.165, 1.54) is 29.0 Å². The molecule has 9 heteroatoms. The summed E-state index contributed by atoms with van der Waals surface area (Å²) in [7, 11) is 0. The average molecular weight is 444 g/mol. The highest BCUT2D eigenvalue weighted by atomic mass is 19.2. The zero-order chi connectivity index (χ0) is 23.1. The Kier molecular flexibility index (Phi) is 7.88. The molecular formula is C23H26F2N4O3. The van der Waals surface area contributed by atoms with E-state index in [2.05, 4.69) is 15.7 Å². The number of halogens is 2. The van der Waals surface area contributed by atoms with Gasteiger partial charge in [-0.25, -0.2) is 18.3 Å². The number of benzene rings is 1. The van der Waals surface area contributed by atoms with E-state index in [1.807, 2.05) is 13.8 Å². The molecule has 1 aliphatic rings. The van der Waals surface area contributed by atoms with Crippen molar-refractivity contribution in [2.45, 2.75) is 38.8 Å². The first-order valence-electron chi connectivity index (χ1n) is 10.4. The largest absolute Gasteiger partial charge is 0.448 e. The molecule has 7 nitrogen and oxygen atoms in total. The molecule has 0 bridgehead atoms. The van der Waals surface area contributed by atoms with Gasteiger partial charge in [0.25, 0.3) is 5.56 Å². The predicted molar refractivity (Wildman–Crippen MR) is 118 cm³/mol. The minimum atomic E-state index is -0.925. The second-order valence-corrected chi connectivity index (χ2v) is 7.73. The zero-order valence-electron chi connectivity index (χ0n) is 18.0. The number of aromatic nitrogens is 2. The molecular weight excluding hydrogens is 418 g/mol. The van der Waals surface area contributed by atoms with Gasteiger partial charge in [0.05, 0.1) is 12.2 Å². The third-order valence-electron chi connectivity index (χ3n) is 4.79. The summed E-state index contributed by atoms with van der Waals surface area (Å²) in [5, 5.41) is 10.1. The monoisotopic (exact) mass is 444 g/mol. The van der Waals surface area contributed by atoms with Gasteiger partial charge in [-0.3, -0.25) is 10.1 Å². The fourth-order valence-corrected chi connectivity index (χ4v) is 3.20. The van der Waals surface area contributed by atoms with Crippen LogP contribution >= 0.6 is 0 Å². The standard InChI is InChI=1S/C23H26F2N4O3/c1-15(2)26-10-11-32-23(31)27-18-5-3-4-16(12-18)14-29-22(30)9-8-21(28-29)17-6-7-19(24)20(25)13-17/h3-5,7-9,12-13,15,17,26H,6,10-11,14H2,1-2H3,(H,27,31). The Hall–Kier alpha value is -3.33. The van der Waals surface area contributed by atoms with Crippen LogP contribution in [0.3, 0.4) is 0 Å². The lowest BCUT2D eigenvalue weighted by atomic mass is 9.96. The molecule has 1 aliphatic carbocycles. The Morgan fingerprint density at radius 1 is 1.25 bits per heavy atom. The summed E-state index contributed by atoms with van der Waals surface area (Å²) in [5.74, 6) is -2.26. The second kappa shape index (κ2) is 10.8. The maximum Gasteiger partial charge on any atom is 0.411 e. The van der Waals surface area contributed by atoms with Crippen LogP contribution in [0.2, 0.25) is 0 Å². The van der Waals surface area contributed by atoms with Gasteiger partial charge in [-0.05, 0) is 42.3 Å². The molecule has 0 saturated heterocycles. The predicted octanol–water partition coefficient (Wildman–Crippen LogP) is 4.03. The van der Waals surface area contributed by atoms with E-state index in [-0.39, 0.29) is 25.1 Å². The molecule has 0 fully saturated rings. The quantitative estimate of drug-likeness (QED) is 0.601. The first-order chi connectivity index (χ1) is 15.3. The van der Waals surface area contributed by atoms with Crippen molar-refractivity contribution in [3.05, 3.63) is 81.8 Å². The lowest BCUT2D eigenvalue weighted by molar-refractivity contribution is 0.161. The van der Waals surface area contributed by atoms with Crippen LogP contribution in [0.1, 0.15) is 37.4 Å². The Balaban J connectivity index is 1.65. The first kappa shape index (κ1) is 23.3. The van der Waals surface area contributed by atoms with Gasteiger partial charge in [-0.1, -0.05) is 26.0 Å². The number of amides is 1. The molecule has 1 aromatic carbocycles. The maximum absolute atomic E-state index is 13.6. The van der Waals surface area contributed by atoms with Crippen molar-refractivity contribution in [1.82, 2.24) is 15.1 Å². The molecule has 32 heavy (non-hydrogen) atoms. The van der Waals surface area contributed by atoms with Crippen LogP contribution in [0, 0.1) is 0 Å². The number of anilines is 1. The van der Waals surface area contributed by atoms with Gasteiger partial charge < -0.3 is 10.1 Å². The van der Waals surface area contributed by atoms with E-state index in [0.29, 0.717) is 24.0 Å². The molecule has 2 aromatic rings. The summed E-state index contributed by atoms with van der Waals surface area (Å²) in [5.41, 5.74) is 1.39. The summed E-state index contributed by atoms with van der Waals surface area (Å²) in [6.07, 6.45) is 2.03. The van der Waals surface area contributed by atoms with Gasteiger partial charge in [0.1, 0.15) is 6.61 Å². The fraction of sp³-hybridized carbons (Fsp3) is 0.348. The Morgan fingerprint density at radius 3 is 2.81 bits per heavy atom. The molecule has 0 radical (unpaired) electrons. The topological polar surface area (TPSA) is 85.2 Å². The van der Waals surface area contributed by atoms with E-state index in [0.717, 1.165) is 5.56 Å². The van der Waals surface area contributed by atoms with Crippen LogP contribution in [-0.2, 0) is 11.3 Å². The molecule has 0 spiro atoms. The minimum Gasteiger partial charge on any atom is -0.448 e. The molecule has 1 amide bonds. The normalized spacial score (nSPS) is 15.8. The van der Waals surface area contributed by atoms with E-state index >= 15 is 0 Å². The van der Waals surface area contributed by atoms with Gasteiger partial charge in [0.15, 0.2) is 11.7 Å². The van der Waals surface area contributed by atoms with Crippen LogP contribution in [0.25, 0.3) is 0 Å². The van der Waals surface area contributed by atoms with Crippen LogP contribution in [0.15, 0.2) is 65.0 Å². The number of nitrogens with one attached hydrogen (secondary N) is 2. The van der Waals surface area contributed by atoms with Gasteiger partial charge >= 0.3 is 6.09 Å². The molecule has 1 aromatic heterocycles. The van der Waals surface area contributed by atoms with E-state index in [9.17, 15) is 18.4 Å². The Bertz CT molecular complexity index is 1080. The van der Waals surface area contributed by atoms with Crippen molar-refractivity contribution in [1.29, 1.82) is 0 Å². The number of ether oxygens (including phenoxy) is 1. The summed E-state index contributed by atoms with van der Waals surface area (Å²) in [4.78, 5) is 24.2. The first-order valence-corrected chi connectivity index (χ1v) is 10.4. The molecule has 1 atom stereocenters. The molecule has 1 heterocycles. The van der Waals surface area contributed by atoms with Crippen molar-refractivity contribution in [2.75, 3.05) is 18.5 Å². The lowest BCUT2D eigenvalue weighted by Gasteiger charge is -2.15. The molecule has 1 unspecified atom stereocenters. The van der Waals surface area contributed by atoms with Crippen molar-refractivity contribution in [3.63, 3.8) is 0 Å². The lowest BCUT2D eigenvalue weighted by Crippen LogP contribution is -2.28. The fourth-order valence-electron chi connectivity index (χ4n) is 3.20. The summed E-state index contributed by atoms with van der Waals surface area (Å²) in [6, 6.07) is 10.1. The SMILES string of the molecule is CC(C)NCCOC(=O)Nc1cccc(Cn2nc(C3C=C(F)C(F)=CC3)ccc2=O)c1. The van der Waals surface area contributed by atoms with Crippen molar-refractivity contribution in [3.8, 4) is 0 Å². The molecule has 0 aliphatic heterocycles. The number of allylic oxidation sites excluding steroid dienone is 4. The summed E-state index contributed by atoms with van der Waals surface area (Å²) >= 11 is 0. The smallest absolute Gasteiger partial charge is 0.411 e. The van der Waals surface area contributed by atoms with Crippen LogP contribution < -0.4 is 16.2 Å². The number of rotatable bonds is 8. The highest BCUT2D eigenvalue weighted by molar-refractivity contribution is 5.84. The number of hydrogen-bond donors (Lipinski definition) is 2. The van der Waals surface area contributed by atoms with Crippen LogP contribution in [-0.4, -0.2) is 35.1 Å². The van der Waals surface area contributed by atoms with Gasteiger partial charge in [-0.2, -0.15) is 5.10 Å². The van der Waals surface area contributed by atoms with E-state index < -0.39 is 23.7 Å². The van der Waals surface area contributed by atoms with Crippen molar-refractivity contribution >= 4 is 11.8 Å². The second-order valence-electron chi connectivity index (χ2n) is 7.73. The molecule has 170 valence electrons. The highest BCUT2D eigenvalue weighted by Crippen LogP contribution is 2.30. The van der Waals surface area contributed by atoms with Crippen molar-refractivity contribution in [2.24, 2.45) is 0 Å². The highest BCUT2D eigenvalue weighted by Gasteiger charge is 2.19. The minimum absolute atomic E-state index is 0.151. The number of carbonyl (C=O) groups is 1. The molecule has 3 rings (SSSR count). The number of hydrogen-bond acceptors (Lipinski definition) is 5. The van der Waals surface area contributed by atoms with E-state index in [4.69, 9.17) is 4.74 Å². The van der Waals surface area contributed by atoms with Gasteiger partial charge in [-0.15, -0.1) is 0 Å². The molecule has 2 N–H and O–H groups in total. The average Bonchev–Trinajstić information content (AvgIpc) is 2.75. The molecule has 0 saturated carbocycles. The number of carbonyl (C=O) groups excluding carboxylic acids is 1. The Morgan fingerprint density at radius 2 is 2.06 bits per heavy atom. The zero-order valence-corrected chi connectivity index (χ0v) is 18.0. The van der Waals surface area contributed by atoms with Crippen molar-refractivity contribution < 1.29 is 18.3 Å². The van der Waals surface area contributed by atoms with Gasteiger partial charge in [0, 0.05) is 30.3 Å². The van der Waals surface area contributed by atoms with Crippen LogP contribution in [0.4, 0.5) is 19.3 Å². The van der Waals surface area contributed by atoms with Gasteiger partial charge in [0.2, 0.25) is 0 Å². The third kappa shape index (κ3) is 6.58. The van der Waals surface area contributed by atoms with Crippen LogP contribution in [0.5, 0.6) is 0 Å². The van der Waals surface area contributed by atoms with E-state index in [1.54, 1.807) is 24.3 Å².